The molecule has 25 heavy (non-hydrogen) atoms. The molecule has 5 nitrogen and oxygen atoms in total. The summed E-state index contributed by atoms with van der Waals surface area (Å²) in [4.78, 5) is 0. The molecule has 2 heterocycles. The van der Waals surface area contributed by atoms with Crippen LogP contribution >= 0.6 is 0 Å². The molecule has 2 aliphatic carbocycles. The van der Waals surface area contributed by atoms with Gasteiger partial charge in [-0.15, -0.1) is 0 Å². The Hall–Kier alpha value is -0.270. The number of nitrogens with one attached hydrogen (secondary N) is 3. The number of halogens is 1. The maximum Gasteiger partial charge on any atom is 0.119 e. The monoisotopic (exact) mass is 355 g/mol. The second-order valence-electron chi connectivity index (χ2n) is 8.66. The first kappa shape index (κ1) is 18.1. The summed E-state index contributed by atoms with van der Waals surface area (Å²) < 4.78 is 26.9. The third kappa shape index (κ3) is 4.19. The molecule has 2 saturated heterocycles. The number of hydrazine groups is 1. The fourth-order valence-corrected chi connectivity index (χ4v) is 5.54. The Morgan fingerprint density at radius 3 is 2.80 bits per heavy atom. The van der Waals surface area contributed by atoms with E-state index in [0.29, 0.717) is 36.9 Å². The van der Waals surface area contributed by atoms with Crippen LogP contribution in [0.5, 0.6) is 0 Å². The Morgan fingerprint density at radius 2 is 1.88 bits per heavy atom. The molecule has 0 radical (unpaired) electrons. The number of ether oxygens (including phenoxy) is 2. The largest absolute Gasteiger partial charge is 0.375 e. The van der Waals surface area contributed by atoms with Crippen LogP contribution in [0.2, 0.25) is 0 Å². The van der Waals surface area contributed by atoms with E-state index in [2.05, 4.69) is 23.1 Å². The van der Waals surface area contributed by atoms with Gasteiger partial charge in [-0.25, -0.2) is 4.39 Å². The van der Waals surface area contributed by atoms with E-state index in [1.54, 1.807) is 0 Å². The molecule has 2 saturated carbocycles. The number of rotatable bonds is 0. The van der Waals surface area contributed by atoms with Crippen molar-refractivity contribution >= 4 is 0 Å². The molecule has 0 aromatic rings. The van der Waals surface area contributed by atoms with E-state index in [1.165, 1.54) is 25.7 Å². The minimum atomic E-state index is -0.815. The molecular weight excluding hydrogens is 321 g/mol. The van der Waals surface area contributed by atoms with Gasteiger partial charge in [0.05, 0.1) is 31.6 Å². The number of fused-ring (bicyclic) bond motifs is 4. The van der Waals surface area contributed by atoms with Gasteiger partial charge in [-0.3, -0.25) is 16.2 Å². The molecule has 3 N–H and O–H groups in total. The van der Waals surface area contributed by atoms with Crippen molar-refractivity contribution in [2.24, 2.45) is 17.8 Å². The molecule has 2 aliphatic heterocycles. The van der Waals surface area contributed by atoms with Crippen molar-refractivity contribution in [1.82, 2.24) is 16.2 Å². The van der Waals surface area contributed by atoms with Crippen LogP contribution in [0.1, 0.15) is 51.9 Å². The van der Waals surface area contributed by atoms with Crippen molar-refractivity contribution in [3.8, 4) is 0 Å². The summed E-state index contributed by atoms with van der Waals surface area (Å²) in [5, 5.41) is 3.35. The van der Waals surface area contributed by atoms with Gasteiger partial charge >= 0.3 is 0 Å². The smallest absolute Gasteiger partial charge is 0.119 e. The lowest BCUT2D eigenvalue weighted by Gasteiger charge is -2.40. The summed E-state index contributed by atoms with van der Waals surface area (Å²) in [6.45, 7) is 4.46. The molecule has 4 bridgehead atoms. The number of hydrogen-bond donors (Lipinski definition) is 3. The molecule has 4 fully saturated rings. The molecule has 0 aromatic heterocycles. The zero-order valence-electron chi connectivity index (χ0n) is 15.4. The first-order valence-corrected chi connectivity index (χ1v) is 10.3. The third-order valence-electron chi connectivity index (χ3n) is 6.79. The topological polar surface area (TPSA) is 54.5 Å². The Morgan fingerprint density at radius 1 is 1.00 bits per heavy atom. The van der Waals surface area contributed by atoms with E-state index in [4.69, 9.17) is 9.47 Å². The average molecular weight is 355 g/mol. The van der Waals surface area contributed by atoms with E-state index < -0.39 is 6.17 Å². The highest BCUT2D eigenvalue weighted by molar-refractivity contribution is 5.03. The third-order valence-corrected chi connectivity index (χ3v) is 6.79. The molecular formula is C19H34FN3O2. The van der Waals surface area contributed by atoms with Crippen molar-refractivity contribution in [3.63, 3.8) is 0 Å². The van der Waals surface area contributed by atoms with E-state index >= 15 is 0 Å². The van der Waals surface area contributed by atoms with Gasteiger partial charge in [0, 0.05) is 12.5 Å². The molecule has 7 unspecified atom stereocenters. The SMILES string of the molecule is C[C@@H]1CCNCOCC2CCCC(C2)C2NNC3C(F)CC(CC32)O1. The molecule has 144 valence electrons. The van der Waals surface area contributed by atoms with Crippen LogP contribution in [-0.4, -0.2) is 50.3 Å². The quantitative estimate of drug-likeness (QED) is 0.622. The van der Waals surface area contributed by atoms with Crippen molar-refractivity contribution in [2.45, 2.75) is 82.3 Å². The maximum atomic E-state index is 14.8. The Bertz CT molecular complexity index is 441. The Balaban J connectivity index is 1.49. The highest BCUT2D eigenvalue weighted by Gasteiger charge is 2.49. The predicted molar refractivity (Wildman–Crippen MR) is 94.7 cm³/mol. The summed E-state index contributed by atoms with van der Waals surface area (Å²) in [6.07, 6.45) is 6.81. The fraction of sp³-hybridized carbons (Fsp3) is 1.00. The lowest BCUT2D eigenvalue weighted by molar-refractivity contribution is -0.0591. The molecule has 4 rings (SSSR count). The van der Waals surface area contributed by atoms with Crippen LogP contribution in [0.4, 0.5) is 4.39 Å². The van der Waals surface area contributed by atoms with Crippen LogP contribution in [-0.2, 0) is 9.47 Å². The molecule has 0 amide bonds. The van der Waals surface area contributed by atoms with Gasteiger partial charge in [0.25, 0.3) is 0 Å². The summed E-state index contributed by atoms with van der Waals surface area (Å²) in [5.41, 5.74) is 6.77. The van der Waals surface area contributed by atoms with Crippen LogP contribution in [0.25, 0.3) is 0 Å². The minimum absolute atomic E-state index is 0.0471. The van der Waals surface area contributed by atoms with E-state index in [1.807, 2.05) is 0 Å². The maximum absolute atomic E-state index is 14.8. The highest BCUT2D eigenvalue weighted by Crippen LogP contribution is 2.41. The predicted octanol–water partition coefficient (Wildman–Crippen LogP) is 2.13. The van der Waals surface area contributed by atoms with Gasteiger partial charge in [-0.2, -0.15) is 0 Å². The zero-order chi connectivity index (χ0) is 17.2. The summed E-state index contributed by atoms with van der Waals surface area (Å²) in [6, 6.07) is 0.324. The lowest BCUT2D eigenvalue weighted by Crippen LogP contribution is -2.47. The normalized spacial score (nSPS) is 49.2. The second-order valence-corrected chi connectivity index (χ2v) is 8.66. The highest BCUT2D eigenvalue weighted by atomic mass is 19.1. The summed E-state index contributed by atoms with van der Waals surface area (Å²) in [7, 11) is 0. The number of hydrogen-bond acceptors (Lipinski definition) is 5. The van der Waals surface area contributed by atoms with Crippen molar-refractivity contribution < 1.29 is 13.9 Å². The van der Waals surface area contributed by atoms with Gasteiger partial charge in [0.1, 0.15) is 6.17 Å². The second kappa shape index (κ2) is 8.17. The summed E-state index contributed by atoms with van der Waals surface area (Å²) in [5.74, 6) is 1.60. The summed E-state index contributed by atoms with van der Waals surface area (Å²) >= 11 is 0. The first-order chi connectivity index (χ1) is 12.2. The Labute approximate surface area is 150 Å². The van der Waals surface area contributed by atoms with Crippen LogP contribution in [0, 0.1) is 17.8 Å². The minimum Gasteiger partial charge on any atom is -0.375 e. The molecule has 0 spiro atoms. The van der Waals surface area contributed by atoms with Crippen molar-refractivity contribution in [3.05, 3.63) is 0 Å². The zero-order valence-corrected chi connectivity index (χ0v) is 15.4. The van der Waals surface area contributed by atoms with Gasteiger partial charge in [0.15, 0.2) is 0 Å². The van der Waals surface area contributed by atoms with Crippen LogP contribution in [0.3, 0.4) is 0 Å². The van der Waals surface area contributed by atoms with E-state index in [-0.39, 0.29) is 18.2 Å². The van der Waals surface area contributed by atoms with Crippen LogP contribution < -0.4 is 16.2 Å². The van der Waals surface area contributed by atoms with Gasteiger partial charge in [-0.05, 0) is 63.3 Å². The van der Waals surface area contributed by atoms with E-state index in [9.17, 15) is 4.39 Å². The fourth-order valence-electron chi connectivity index (χ4n) is 5.54. The number of alkyl halides is 1. The van der Waals surface area contributed by atoms with Crippen molar-refractivity contribution in [2.75, 3.05) is 19.9 Å². The van der Waals surface area contributed by atoms with Crippen LogP contribution in [0.15, 0.2) is 0 Å². The lowest BCUT2D eigenvalue weighted by atomic mass is 9.70. The average Bonchev–Trinajstić information content (AvgIpc) is 3.02. The standard InChI is InChI=1S/C19H34FN3O2/c1-12-5-6-21-11-24-10-13-3-2-4-14(7-13)18-16-8-15(25-12)9-17(20)19(16)23-22-18/h12-19,21-23H,2-11H2,1H3/t12-,13?,14?,15?,16?,17?,18?,19?/m1/s1. The van der Waals surface area contributed by atoms with E-state index in [0.717, 1.165) is 26.0 Å². The molecule has 8 atom stereocenters. The molecule has 0 aromatic carbocycles. The van der Waals surface area contributed by atoms with Crippen molar-refractivity contribution in [1.29, 1.82) is 0 Å². The Kier molecular flexibility index (Phi) is 5.92. The first-order valence-electron chi connectivity index (χ1n) is 10.3. The molecule has 6 heteroatoms. The molecule has 4 aliphatic rings. The van der Waals surface area contributed by atoms with Gasteiger partial charge < -0.3 is 9.47 Å². The van der Waals surface area contributed by atoms with Gasteiger partial charge in [0.2, 0.25) is 0 Å². The van der Waals surface area contributed by atoms with Gasteiger partial charge in [-0.1, -0.05) is 6.42 Å².